The third-order valence-corrected chi connectivity index (χ3v) is 19.4. The molecule has 94 heavy (non-hydrogen) atoms. The highest BCUT2D eigenvalue weighted by Gasteiger charge is 2.30. The van der Waals surface area contributed by atoms with E-state index in [0.29, 0.717) is 25.7 Å². The molecule has 558 valence electrons. The van der Waals surface area contributed by atoms with Gasteiger partial charge in [-0.15, -0.1) is 0 Å². The van der Waals surface area contributed by atoms with Crippen LogP contribution >= 0.6 is 15.6 Å². The van der Waals surface area contributed by atoms with Crippen molar-refractivity contribution in [1.82, 2.24) is 0 Å². The van der Waals surface area contributed by atoms with Crippen molar-refractivity contribution in [2.45, 2.75) is 412 Å². The van der Waals surface area contributed by atoms with Crippen LogP contribution in [-0.4, -0.2) is 96.7 Å². The Morgan fingerprint density at radius 2 is 0.489 bits per heavy atom. The quantitative estimate of drug-likeness (QED) is 0.0222. The van der Waals surface area contributed by atoms with Crippen LogP contribution < -0.4 is 0 Å². The maximum Gasteiger partial charge on any atom is 0.472 e. The van der Waals surface area contributed by atoms with E-state index in [9.17, 15) is 43.2 Å². The fourth-order valence-electron chi connectivity index (χ4n) is 11.5. The lowest BCUT2D eigenvalue weighted by molar-refractivity contribution is -0.161. The second kappa shape index (κ2) is 68.2. The second-order valence-corrected chi connectivity index (χ2v) is 30.4. The lowest BCUT2D eigenvalue weighted by Gasteiger charge is -2.21. The van der Waals surface area contributed by atoms with E-state index in [2.05, 4.69) is 34.6 Å². The average Bonchev–Trinajstić information content (AvgIpc) is 1.32. The summed E-state index contributed by atoms with van der Waals surface area (Å²) < 4.78 is 68.4. The van der Waals surface area contributed by atoms with Crippen LogP contribution in [0.15, 0.2) is 0 Å². The van der Waals surface area contributed by atoms with Gasteiger partial charge in [-0.1, -0.05) is 343 Å². The minimum absolute atomic E-state index is 0.107. The molecule has 3 N–H and O–H groups in total. The molecule has 0 saturated heterocycles. The van der Waals surface area contributed by atoms with Gasteiger partial charge in [-0.05, 0) is 31.6 Å². The van der Waals surface area contributed by atoms with Gasteiger partial charge >= 0.3 is 39.5 Å². The standard InChI is InChI=1S/C75H146O17P2/c1-6-9-12-15-18-20-22-24-25-29-32-36-39-44-49-54-59-73(78)86-65-71(92-75(80)61-56-51-46-41-37-33-30-27-26-28-31-34-38-43-47-52-57-68(4)5)67-90-94(83,84)88-63-69(76)62-87-93(81,82)89-66-70(64-85-72(77)58-53-48-42-17-14-11-8-3)91-74(79)60-55-50-45-40-35-23-21-19-16-13-10-7-2/h68-71,76H,6-67H2,1-5H3,(H,81,82)(H,83,84)/t69-,70+,71+/m0/s1. The normalized spacial score (nSPS) is 14.0. The molecule has 0 aliphatic heterocycles. The number of esters is 4. The first-order chi connectivity index (χ1) is 45.5. The van der Waals surface area contributed by atoms with E-state index < -0.39 is 97.5 Å². The third kappa shape index (κ3) is 68.6. The molecule has 0 fully saturated rings. The molecule has 0 rings (SSSR count). The smallest absolute Gasteiger partial charge is 0.462 e. The molecule has 0 aromatic rings. The van der Waals surface area contributed by atoms with E-state index in [0.717, 1.165) is 109 Å². The molecule has 2 unspecified atom stereocenters. The summed E-state index contributed by atoms with van der Waals surface area (Å²) in [6, 6.07) is 0. The van der Waals surface area contributed by atoms with E-state index in [1.807, 2.05) is 0 Å². The highest BCUT2D eigenvalue weighted by molar-refractivity contribution is 7.47. The summed E-state index contributed by atoms with van der Waals surface area (Å²) in [4.78, 5) is 72.6. The minimum atomic E-state index is -4.95. The van der Waals surface area contributed by atoms with Gasteiger partial charge in [-0.2, -0.15) is 0 Å². The first-order valence-electron chi connectivity index (χ1n) is 39.1. The monoisotopic (exact) mass is 1380 g/mol. The van der Waals surface area contributed by atoms with Crippen LogP contribution in [0.3, 0.4) is 0 Å². The zero-order valence-electron chi connectivity index (χ0n) is 61.1. The maximum absolute atomic E-state index is 13.1. The van der Waals surface area contributed by atoms with Gasteiger partial charge in [0, 0.05) is 25.7 Å². The van der Waals surface area contributed by atoms with Crippen molar-refractivity contribution < 1.29 is 80.2 Å². The van der Waals surface area contributed by atoms with Crippen LogP contribution in [0.1, 0.15) is 394 Å². The number of carbonyl (C=O) groups excluding carboxylic acids is 4. The van der Waals surface area contributed by atoms with Crippen LogP contribution in [0.4, 0.5) is 0 Å². The van der Waals surface area contributed by atoms with Gasteiger partial charge in [0.15, 0.2) is 12.2 Å². The highest BCUT2D eigenvalue weighted by Crippen LogP contribution is 2.45. The van der Waals surface area contributed by atoms with Crippen molar-refractivity contribution in [1.29, 1.82) is 0 Å². The van der Waals surface area contributed by atoms with Gasteiger partial charge in [-0.25, -0.2) is 9.13 Å². The van der Waals surface area contributed by atoms with Gasteiger partial charge < -0.3 is 33.8 Å². The van der Waals surface area contributed by atoms with Gasteiger partial charge in [0.05, 0.1) is 26.4 Å². The number of rotatable bonds is 75. The Kier molecular flexibility index (Phi) is 66.8. The fraction of sp³-hybridized carbons (Fsp3) is 0.947. The average molecular weight is 1380 g/mol. The molecule has 19 heteroatoms. The van der Waals surface area contributed by atoms with Crippen LogP contribution in [0, 0.1) is 5.92 Å². The molecule has 0 radical (unpaired) electrons. The molecule has 0 heterocycles. The first-order valence-corrected chi connectivity index (χ1v) is 42.1. The maximum atomic E-state index is 13.1. The Balaban J connectivity index is 5.18. The van der Waals surface area contributed by atoms with E-state index in [-0.39, 0.29) is 25.7 Å². The molecule has 0 aromatic carbocycles. The molecule has 0 bridgehead atoms. The number of hydrogen-bond acceptors (Lipinski definition) is 15. The summed E-state index contributed by atoms with van der Waals surface area (Å²) in [5.41, 5.74) is 0. The molecule has 0 saturated carbocycles. The van der Waals surface area contributed by atoms with Crippen LogP contribution in [0.2, 0.25) is 0 Å². The minimum Gasteiger partial charge on any atom is -0.462 e. The predicted octanol–water partition coefficient (Wildman–Crippen LogP) is 22.1. The molecule has 0 spiro atoms. The Morgan fingerprint density at radius 3 is 0.723 bits per heavy atom. The lowest BCUT2D eigenvalue weighted by atomic mass is 10.0. The summed E-state index contributed by atoms with van der Waals surface area (Å²) in [5.74, 6) is -1.31. The number of ether oxygens (including phenoxy) is 4. The number of hydrogen-bond donors (Lipinski definition) is 3. The Morgan fingerprint density at radius 1 is 0.287 bits per heavy atom. The number of carbonyl (C=O) groups is 4. The number of phosphoric ester groups is 2. The Labute approximate surface area is 575 Å². The topological polar surface area (TPSA) is 237 Å². The molecular formula is C75H146O17P2. The van der Waals surface area contributed by atoms with Crippen molar-refractivity contribution in [3.05, 3.63) is 0 Å². The number of unbranched alkanes of at least 4 members (excludes halogenated alkanes) is 47. The SMILES string of the molecule is CCCCCCCCCCCCCCCCCCC(=O)OC[C@H](COP(=O)(O)OC[C@@H](O)COP(=O)(O)OC[C@@H](COC(=O)CCCCCCCCC)OC(=O)CCCCCCCCCCCCCC)OC(=O)CCCCCCCCCCCCCCCCCCC(C)C. The predicted molar refractivity (Wildman–Crippen MR) is 382 cm³/mol. The van der Waals surface area contributed by atoms with Gasteiger partial charge in [-0.3, -0.25) is 37.3 Å². The molecule has 0 aromatic heterocycles. The third-order valence-electron chi connectivity index (χ3n) is 17.5. The summed E-state index contributed by atoms with van der Waals surface area (Å²) in [6.45, 7) is 7.28. The van der Waals surface area contributed by atoms with Crippen molar-refractivity contribution in [3.63, 3.8) is 0 Å². The summed E-state index contributed by atoms with van der Waals surface area (Å²) in [6.07, 6.45) is 57.0. The van der Waals surface area contributed by atoms with Gasteiger partial charge in [0.1, 0.15) is 19.3 Å². The number of aliphatic hydroxyl groups is 1. The molecule has 0 aliphatic carbocycles. The van der Waals surface area contributed by atoms with E-state index in [1.54, 1.807) is 0 Å². The largest absolute Gasteiger partial charge is 0.472 e. The van der Waals surface area contributed by atoms with E-state index in [4.69, 9.17) is 37.0 Å². The molecule has 0 aliphatic rings. The fourth-order valence-corrected chi connectivity index (χ4v) is 13.1. The zero-order valence-corrected chi connectivity index (χ0v) is 62.9. The van der Waals surface area contributed by atoms with Crippen molar-refractivity contribution in [3.8, 4) is 0 Å². The van der Waals surface area contributed by atoms with Crippen LogP contribution in [0.25, 0.3) is 0 Å². The zero-order chi connectivity index (χ0) is 69.1. The van der Waals surface area contributed by atoms with Gasteiger partial charge in [0.25, 0.3) is 0 Å². The second-order valence-electron chi connectivity index (χ2n) is 27.5. The number of phosphoric acid groups is 2. The summed E-state index contributed by atoms with van der Waals surface area (Å²) in [7, 11) is -9.90. The van der Waals surface area contributed by atoms with E-state index >= 15 is 0 Å². The van der Waals surface area contributed by atoms with Crippen LogP contribution in [0.5, 0.6) is 0 Å². The molecule has 5 atom stereocenters. The Hall–Kier alpha value is -1.94. The summed E-state index contributed by atoms with van der Waals surface area (Å²) >= 11 is 0. The van der Waals surface area contributed by atoms with Crippen molar-refractivity contribution in [2.75, 3.05) is 39.6 Å². The molecular weight excluding hydrogens is 1230 g/mol. The first kappa shape index (κ1) is 92.1. The van der Waals surface area contributed by atoms with Gasteiger partial charge in [0.2, 0.25) is 0 Å². The van der Waals surface area contributed by atoms with Crippen molar-refractivity contribution in [2.24, 2.45) is 5.92 Å². The number of aliphatic hydroxyl groups excluding tert-OH is 1. The summed E-state index contributed by atoms with van der Waals surface area (Å²) in [5, 5.41) is 10.6. The van der Waals surface area contributed by atoms with Crippen LogP contribution in [-0.2, 0) is 65.4 Å². The lowest BCUT2D eigenvalue weighted by Crippen LogP contribution is -2.30. The van der Waals surface area contributed by atoms with E-state index in [1.165, 1.54) is 205 Å². The Bertz CT molecular complexity index is 1810. The molecule has 0 amide bonds. The highest BCUT2D eigenvalue weighted by atomic mass is 31.2. The molecule has 17 nitrogen and oxygen atoms in total. The van der Waals surface area contributed by atoms with Crippen molar-refractivity contribution >= 4 is 39.5 Å².